The minimum atomic E-state index is -0.315. The Labute approximate surface area is 96.9 Å². The zero-order valence-corrected chi connectivity index (χ0v) is 9.70. The van der Waals surface area contributed by atoms with Crippen LogP contribution in [0.4, 0.5) is 0 Å². The molecule has 1 atom stereocenters. The van der Waals surface area contributed by atoms with Gasteiger partial charge in [-0.15, -0.1) is 0 Å². The molecule has 2 rings (SSSR count). The largest absolute Gasteiger partial charge is 0.385 e. The van der Waals surface area contributed by atoms with Gasteiger partial charge in [-0.2, -0.15) is 5.26 Å². The maximum absolute atomic E-state index is 9.51. The maximum atomic E-state index is 9.51. The Morgan fingerprint density at radius 2 is 2.25 bits per heavy atom. The van der Waals surface area contributed by atoms with E-state index in [2.05, 4.69) is 24.3 Å². The summed E-state index contributed by atoms with van der Waals surface area (Å²) in [5, 5.41) is 9.51. The standard InChI is InChI=1S/C14H17NO/c1-16-10-9-14(11-15)8-4-6-12-5-2-3-7-13(12)14/h2-3,5,7H,4,6,8-10H2,1H3. The topological polar surface area (TPSA) is 33.0 Å². The Bertz CT molecular complexity index is 407. The van der Waals surface area contributed by atoms with Gasteiger partial charge in [0, 0.05) is 13.7 Å². The number of rotatable bonds is 3. The van der Waals surface area contributed by atoms with E-state index in [1.54, 1.807) is 7.11 Å². The van der Waals surface area contributed by atoms with Crippen LogP contribution >= 0.6 is 0 Å². The van der Waals surface area contributed by atoms with Gasteiger partial charge in [0.15, 0.2) is 0 Å². The van der Waals surface area contributed by atoms with E-state index in [4.69, 9.17) is 4.74 Å². The molecule has 0 radical (unpaired) electrons. The first-order valence-electron chi connectivity index (χ1n) is 5.81. The SMILES string of the molecule is COCCC1(C#N)CCCc2ccccc21. The van der Waals surface area contributed by atoms with Crippen LogP contribution < -0.4 is 0 Å². The molecular weight excluding hydrogens is 198 g/mol. The zero-order valence-electron chi connectivity index (χ0n) is 9.70. The number of aryl methyl sites for hydroxylation is 1. The normalized spacial score (nSPS) is 23.5. The lowest BCUT2D eigenvalue weighted by atomic mass is 9.69. The first kappa shape index (κ1) is 11.2. The molecule has 0 heterocycles. The van der Waals surface area contributed by atoms with E-state index in [9.17, 15) is 5.26 Å². The van der Waals surface area contributed by atoms with E-state index >= 15 is 0 Å². The third kappa shape index (κ3) is 1.83. The predicted octanol–water partition coefficient (Wildman–Crippen LogP) is 2.82. The van der Waals surface area contributed by atoms with Crippen molar-refractivity contribution in [1.82, 2.24) is 0 Å². The van der Waals surface area contributed by atoms with Crippen LogP contribution in [0.2, 0.25) is 0 Å². The molecule has 0 fully saturated rings. The molecule has 1 aliphatic rings. The van der Waals surface area contributed by atoms with Gasteiger partial charge >= 0.3 is 0 Å². The summed E-state index contributed by atoms with van der Waals surface area (Å²) in [4.78, 5) is 0. The van der Waals surface area contributed by atoms with E-state index < -0.39 is 0 Å². The van der Waals surface area contributed by atoms with Crippen molar-refractivity contribution in [2.24, 2.45) is 0 Å². The maximum Gasteiger partial charge on any atom is 0.0847 e. The Morgan fingerprint density at radius 1 is 1.44 bits per heavy atom. The molecule has 1 aliphatic carbocycles. The first-order valence-corrected chi connectivity index (χ1v) is 5.81. The molecule has 1 unspecified atom stereocenters. The van der Waals surface area contributed by atoms with Gasteiger partial charge in [0.05, 0.1) is 11.5 Å². The number of nitrogens with zero attached hydrogens (tertiary/aromatic N) is 1. The molecule has 0 saturated carbocycles. The van der Waals surface area contributed by atoms with Crippen molar-refractivity contribution in [1.29, 1.82) is 5.26 Å². The average Bonchev–Trinajstić information content (AvgIpc) is 2.36. The summed E-state index contributed by atoms with van der Waals surface area (Å²) >= 11 is 0. The highest BCUT2D eigenvalue weighted by molar-refractivity contribution is 5.41. The number of hydrogen-bond donors (Lipinski definition) is 0. The average molecular weight is 215 g/mol. The van der Waals surface area contributed by atoms with Gasteiger partial charge in [0.1, 0.15) is 0 Å². The Kier molecular flexibility index (Phi) is 3.26. The van der Waals surface area contributed by atoms with Crippen LogP contribution in [0, 0.1) is 11.3 Å². The van der Waals surface area contributed by atoms with Gasteiger partial charge in [0.2, 0.25) is 0 Å². The predicted molar refractivity (Wildman–Crippen MR) is 63.2 cm³/mol. The van der Waals surface area contributed by atoms with Crippen molar-refractivity contribution in [3.05, 3.63) is 35.4 Å². The van der Waals surface area contributed by atoms with Crippen LogP contribution in [0.15, 0.2) is 24.3 Å². The summed E-state index contributed by atoms with van der Waals surface area (Å²) in [6.45, 7) is 0.655. The number of hydrogen-bond acceptors (Lipinski definition) is 2. The van der Waals surface area contributed by atoms with E-state index in [0.717, 1.165) is 25.7 Å². The van der Waals surface area contributed by atoms with Crippen molar-refractivity contribution in [2.75, 3.05) is 13.7 Å². The van der Waals surface area contributed by atoms with Crippen molar-refractivity contribution in [2.45, 2.75) is 31.1 Å². The van der Waals surface area contributed by atoms with Gasteiger partial charge in [-0.25, -0.2) is 0 Å². The number of ether oxygens (including phenoxy) is 1. The highest BCUT2D eigenvalue weighted by Crippen LogP contribution is 2.39. The monoisotopic (exact) mass is 215 g/mol. The molecule has 1 aromatic carbocycles. The van der Waals surface area contributed by atoms with Crippen LogP contribution in [0.25, 0.3) is 0 Å². The second-order valence-corrected chi connectivity index (χ2v) is 4.45. The number of nitriles is 1. The van der Waals surface area contributed by atoms with Crippen molar-refractivity contribution >= 4 is 0 Å². The van der Waals surface area contributed by atoms with Gasteiger partial charge < -0.3 is 4.74 Å². The summed E-state index contributed by atoms with van der Waals surface area (Å²) in [5.41, 5.74) is 2.25. The molecule has 16 heavy (non-hydrogen) atoms. The summed E-state index contributed by atoms with van der Waals surface area (Å²) in [6, 6.07) is 10.9. The number of methoxy groups -OCH3 is 1. The second-order valence-electron chi connectivity index (χ2n) is 4.45. The highest BCUT2D eigenvalue weighted by atomic mass is 16.5. The molecule has 0 aliphatic heterocycles. The summed E-state index contributed by atoms with van der Waals surface area (Å²) in [5.74, 6) is 0. The quantitative estimate of drug-likeness (QED) is 0.776. The van der Waals surface area contributed by atoms with Gasteiger partial charge in [0.25, 0.3) is 0 Å². The lowest BCUT2D eigenvalue weighted by molar-refractivity contribution is 0.173. The molecule has 84 valence electrons. The summed E-state index contributed by atoms with van der Waals surface area (Å²) < 4.78 is 5.14. The molecule has 1 aromatic rings. The molecule has 0 spiro atoms. The minimum absolute atomic E-state index is 0.315. The first-order chi connectivity index (χ1) is 7.82. The zero-order chi connectivity index (χ0) is 11.4. The minimum Gasteiger partial charge on any atom is -0.385 e. The van der Waals surface area contributed by atoms with Crippen LogP contribution in [-0.2, 0) is 16.6 Å². The van der Waals surface area contributed by atoms with Crippen LogP contribution in [-0.4, -0.2) is 13.7 Å². The fourth-order valence-corrected chi connectivity index (χ4v) is 2.63. The molecule has 2 nitrogen and oxygen atoms in total. The number of fused-ring (bicyclic) bond motifs is 1. The Hall–Kier alpha value is -1.33. The van der Waals surface area contributed by atoms with Crippen molar-refractivity contribution in [3.8, 4) is 6.07 Å². The third-order valence-electron chi connectivity index (χ3n) is 3.53. The fourth-order valence-electron chi connectivity index (χ4n) is 2.63. The van der Waals surface area contributed by atoms with Crippen molar-refractivity contribution in [3.63, 3.8) is 0 Å². The van der Waals surface area contributed by atoms with Gasteiger partial charge in [-0.05, 0) is 36.8 Å². The summed E-state index contributed by atoms with van der Waals surface area (Å²) in [6.07, 6.45) is 3.97. The smallest absolute Gasteiger partial charge is 0.0847 e. The van der Waals surface area contributed by atoms with Crippen LogP contribution in [0.3, 0.4) is 0 Å². The van der Waals surface area contributed by atoms with E-state index in [0.29, 0.717) is 6.61 Å². The molecule has 0 saturated heterocycles. The second kappa shape index (κ2) is 4.67. The van der Waals surface area contributed by atoms with Crippen LogP contribution in [0.1, 0.15) is 30.4 Å². The van der Waals surface area contributed by atoms with Crippen LogP contribution in [0.5, 0.6) is 0 Å². The Morgan fingerprint density at radius 3 is 3.00 bits per heavy atom. The fraction of sp³-hybridized carbons (Fsp3) is 0.500. The molecule has 0 bridgehead atoms. The van der Waals surface area contributed by atoms with Crippen molar-refractivity contribution < 1.29 is 4.74 Å². The highest BCUT2D eigenvalue weighted by Gasteiger charge is 2.36. The summed E-state index contributed by atoms with van der Waals surface area (Å²) in [7, 11) is 1.69. The lowest BCUT2D eigenvalue weighted by Crippen LogP contribution is -2.30. The Balaban J connectivity index is 2.38. The molecule has 0 N–H and O–H groups in total. The molecule has 0 aromatic heterocycles. The number of benzene rings is 1. The van der Waals surface area contributed by atoms with Gasteiger partial charge in [-0.3, -0.25) is 0 Å². The van der Waals surface area contributed by atoms with E-state index in [1.807, 2.05) is 6.07 Å². The van der Waals surface area contributed by atoms with E-state index in [-0.39, 0.29) is 5.41 Å². The molecular formula is C14H17NO. The lowest BCUT2D eigenvalue weighted by Gasteiger charge is -2.33. The van der Waals surface area contributed by atoms with E-state index in [1.165, 1.54) is 11.1 Å². The molecule has 0 amide bonds. The third-order valence-corrected chi connectivity index (χ3v) is 3.53. The molecule has 2 heteroatoms. The van der Waals surface area contributed by atoms with Gasteiger partial charge in [-0.1, -0.05) is 24.3 Å².